The van der Waals surface area contributed by atoms with Gasteiger partial charge in [0, 0.05) is 19.1 Å². The van der Waals surface area contributed by atoms with Gasteiger partial charge in [0.1, 0.15) is 0 Å². The molecule has 2 unspecified atom stereocenters. The molecule has 0 spiro atoms. The van der Waals surface area contributed by atoms with Gasteiger partial charge in [-0.25, -0.2) is 0 Å². The summed E-state index contributed by atoms with van der Waals surface area (Å²) in [5.41, 5.74) is -0.632. The Morgan fingerprint density at radius 1 is 1.33 bits per heavy atom. The molecular weight excluding hydrogens is 228 g/mol. The maximum atomic E-state index is 11.2. The van der Waals surface area contributed by atoms with Crippen LogP contribution in [-0.4, -0.2) is 60.1 Å². The van der Waals surface area contributed by atoms with E-state index in [0.717, 1.165) is 25.0 Å². The van der Waals surface area contributed by atoms with Gasteiger partial charge in [-0.3, -0.25) is 4.79 Å². The molecular formula is C14H26N2O2. The first-order chi connectivity index (χ1) is 8.40. The average Bonchev–Trinajstić information content (AvgIpc) is 2.28. The van der Waals surface area contributed by atoms with Crippen molar-refractivity contribution in [2.45, 2.75) is 39.2 Å². The van der Waals surface area contributed by atoms with Crippen LogP contribution in [-0.2, 0) is 4.79 Å². The van der Waals surface area contributed by atoms with Crippen LogP contribution in [0.1, 0.15) is 33.1 Å². The molecule has 2 saturated heterocycles. The van der Waals surface area contributed by atoms with Gasteiger partial charge in [0.15, 0.2) is 0 Å². The summed E-state index contributed by atoms with van der Waals surface area (Å²) in [5, 5.41) is 9.21. The van der Waals surface area contributed by atoms with E-state index in [1.807, 2.05) is 13.8 Å². The van der Waals surface area contributed by atoms with Crippen molar-refractivity contribution in [3.63, 3.8) is 0 Å². The minimum atomic E-state index is -0.689. The van der Waals surface area contributed by atoms with E-state index >= 15 is 0 Å². The number of aliphatic carboxylic acids is 1. The third kappa shape index (κ3) is 2.86. The molecule has 0 radical (unpaired) electrons. The highest BCUT2D eigenvalue weighted by Crippen LogP contribution is 2.31. The van der Waals surface area contributed by atoms with Crippen LogP contribution in [0, 0.1) is 11.3 Å². The van der Waals surface area contributed by atoms with Gasteiger partial charge in [0.25, 0.3) is 0 Å². The largest absolute Gasteiger partial charge is 0.481 e. The molecule has 0 amide bonds. The molecule has 2 aliphatic heterocycles. The van der Waals surface area contributed by atoms with Crippen LogP contribution in [0.2, 0.25) is 0 Å². The number of hydrogen-bond acceptors (Lipinski definition) is 3. The molecule has 4 heteroatoms. The minimum absolute atomic E-state index is 0.632. The van der Waals surface area contributed by atoms with Crippen molar-refractivity contribution in [3.8, 4) is 0 Å². The summed E-state index contributed by atoms with van der Waals surface area (Å²) in [6.45, 7) is 7.67. The molecule has 4 nitrogen and oxygen atoms in total. The first-order valence-corrected chi connectivity index (χ1v) is 7.06. The van der Waals surface area contributed by atoms with Crippen molar-refractivity contribution in [3.05, 3.63) is 0 Å². The molecule has 0 aromatic carbocycles. The van der Waals surface area contributed by atoms with E-state index in [1.165, 1.54) is 25.8 Å². The monoisotopic (exact) mass is 254 g/mol. The molecule has 104 valence electrons. The minimum Gasteiger partial charge on any atom is -0.481 e. The first kappa shape index (κ1) is 13.8. The van der Waals surface area contributed by atoms with E-state index in [2.05, 4.69) is 16.8 Å². The Morgan fingerprint density at radius 3 is 2.72 bits per heavy atom. The van der Waals surface area contributed by atoms with Gasteiger partial charge in [-0.05, 0) is 59.2 Å². The highest BCUT2D eigenvalue weighted by molar-refractivity contribution is 5.73. The van der Waals surface area contributed by atoms with Crippen LogP contribution in [0.4, 0.5) is 0 Å². The number of likely N-dealkylation sites (tertiary alicyclic amines) is 2. The Labute approximate surface area is 110 Å². The lowest BCUT2D eigenvalue weighted by molar-refractivity contribution is -0.148. The van der Waals surface area contributed by atoms with E-state index in [-0.39, 0.29) is 0 Å². The molecule has 2 fully saturated rings. The number of carbonyl (C=O) groups is 1. The SMILES string of the molecule is CN1CCCC2CN(CC(C)(C)C(=O)O)CCC21. The second-order valence-corrected chi connectivity index (χ2v) is 6.66. The van der Waals surface area contributed by atoms with Crippen LogP contribution in [0.5, 0.6) is 0 Å². The third-order valence-electron chi connectivity index (χ3n) is 4.63. The van der Waals surface area contributed by atoms with Gasteiger partial charge in [-0.2, -0.15) is 0 Å². The molecule has 0 aromatic rings. The van der Waals surface area contributed by atoms with Gasteiger partial charge >= 0.3 is 5.97 Å². The van der Waals surface area contributed by atoms with Crippen molar-refractivity contribution in [2.24, 2.45) is 11.3 Å². The van der Waals surface area contributed by atoms with Crippen LogP contribution >= 0.6 is 0 Å². The van der Waals surface area contributed by atoms with Gasteiger partial charge in [0.05, 0.1) is 5.41 Å². The Kier molecular flexibility index (Phi) is 3.97. The first-order valence-electron chi connectivity index (χ1n) is 7.06. The fourth-order valence-electron chi connectivity index (χ4n) is 3.50. The molecule has 0 bridgehead atoms. The van der Waals surface area contributed by atoms with Crippen LogP contribution < -0.4 is 0 Å². The molecule has 2 rings (SSSR count). The summed E-state index contributed by atoms with van der Waals surface area (Å²) >= 11 is 0. The van der Waals surface area contributed by atoms with E-state index in [9.17, 15) is 9.90 Å². The summed E-state index contributed by atoms with van der Waals surface area (Å²) in [6.07, 6.45) is 3.78. The lowest BCUT2D eigenvalue weighted by atomic mass is 9.83. The Morgan fingerprint density at radius 2 is 2.06 bits per heavy atom. The predicted molar refractivity (Wildman–Crippen MR) is 71.6 cm³/mol. The summed E-state index contributed by atoms with van der Waals surface area (Å²) in [5.74, 6) is 0.0486. The van der Waals surface area contributed by atoms with Crippen molar-refractivity contribution >= 4 is 5.97 Å². The number of rotatable bonds is 3. The normalized spacial score (nSPS) is 31.1. The van der Waals surface area contributed by atoms with Crippen molar-refractivity contribution in [1.82, 2.24) is 9.80 Å². The Bertz CT molecular complexity index is 317. The zero-order valence-corrected chi connectivity index (χ0v) is 11.9. The molecule has 18 heavy (non-hydrogen) atoms. The molecule has 0 aliphatic carbocycles. The molecule has 2 atom stereocenters. The highest BCUT2D eigenvalue weighted by Gasteiger charge is 2.37. The fourth-order valence-corrected chi connectivity index (χ4v) is 3.50. The fraction of sp³-hybridized carbons (Fsp3) is 0.929. The smallest absolute Gasteiger partial charge is 0.310 e. The number of fused-ring (bicyclic) bond motifs is 1. The van der Waals surface area contributed by atoms with Crippen molar-refractivity contribution in [2.75, 3.05) is 33.2 Å². The highest BCUT2D eigenvalue weighted by atomic mass is 16.4. The Hall–Kier alpha value is -0.610. The molecule has 0 saturated carbocycles. The number of piperidine rings is 2. The number of carboxylic acid groups (broad SMARTS) is 1. The number of carboxylic acids is 1. The standard InChI is InChI=1S/C14H26N2O2/c1-14(2,13(17)18)10-16-8-6-12-11(9-16)5-4-7-15(12)3/h11-12H,4-10H2,1-3H3,(H,17,18). The second kappa shape index (κ2) is 5.17. The lowest BCUT2D eigenvalue weighted by Gasteiger charge is -2.47. The zero-order chi connectivity index (χ0) is 13.3. The summed E-state index contributed by atoms with van der Waals surface area (Å²) < 4.78 is 0. The summed E-state index contributed by atoms with van der Waals surface area (Å²) in [7, 11) is 2.23. The van der Waals surface area contributed by atoms with Gasteiger partial charge < -0.3 is 14.9 Å². The van der Waals surface area contributed by atoms with Crippen molar-refractivity contribution < 1.29 is 9.90 Å². The summed E-state index contributed by atoms with van der Waals surface area (Å²) in [4.78, 5) is 16.0. The maximum absolute atomic E-state index is 11.2. The van der Waals surface area contributed by atoms with Crippen LogP contribution in [0.3, 0.4) is 0 Å². The topological polar surface area (TPSA) is 43.8 Å². The number of hydrogen-bond donors (Lipinski definition) is 1. The van der Waals surface area contributed by atoms with Crippen LogP contribution in [0.25, 0.3) is 0 Å². The van der Waals surface area contributed by atoms with Crippen molar-refractivity contribution in [1.29, 1.82) is 0 Å². The molecule has 2 aliphatic rings. The van der Waals surface area contributed by atoms with Crippen LogP contribution in [0.15, 0.2) is 0 Å². The van der Waals surface area contributed by atoms with Gasteiger partial charge in [-0.15, -0.1) is 0 Å². The van der Waals surface area contributed by atoms with E-state index in [4.69, 9.17) is 0 Å². The average molecular weight is 254 g/mol. The van der Waals surface area contributed by atoms with Gasteiger partial charge in [-0.1, -0.05) is 0 Å². The maximum Gasteiger partial charge on any atom is 0.310 e. The van der Waals surface area contributed by atoms with Gasteiger partial charge in [0.2, 0.25) is 0 Å². The Balaban J connectivity index is 1.93. The molecule has 1 N–H and O–H groups in total. The van der Waals surface area contributed by atoms with E-state index < -0.39 is 11.4 Å². The third-order valence-corrected chi connectivity index (χ3v) is 4.63. The lowest BCUT2D eigenvalue weighted by Crippen LogP contribution is -2.54. The number of nitrogens with zero attached hydrogens (tertiary/aromatic N) is 2. The predicted octanol–water partition coefficient (Wildman–Crippen LogP) is 1.51. The van der Waals surface area contributed by atoms with E-state index in [0.29, 0.717) is 6.54 Å². The van der Waals surface area contributed by atoms with E-state index in [1.54, 1.807) is 0 Å². The zero-order valence-electron chi connectivity index (χ0n) is 11.9. The molecule has 0 aromatic heterocycles. The second-order valence-electron chi connectivity index (χ2n) is 6.66. The summed E-state index contributed by atoms with van der Waals surface area (Å²) in [6, 6.07) is 0.725. The quantitative estimate of drug-likeness (QED) is 0.829. The molecule has 2 heterocycles.